The molecule has 1 N–H and O–H groups in total. The molecule has 0 atom stereocenters. The number of aromatic nitrogens is 5. The van der Waals surface area contributed by atoms with Gasteiger partial charge >= 0.3 is 0 Å². The molecule has 4 heterocycles. The van der Waals surface area contributed by atoms with Crippen LogP contribution in [0.2, 0.25) is 0 Å². The van der Waals surface area contributed by atoms with Gasteiger partial charge in [-0.15, -0.1) is 0 Å². The molecule has 5 rings (SSSR count). The van der Waals surface area contributed by atoms with E-state index >= 15 is 0 Å². The fourth-order valence-electron chi connectivity index (χ4n) is 3.38. The van der Waals surface area contributed by atoms with E-state index in [0.717, 1.165) is 18.6 Å². The number of aryl methyl sites for hydroxylation is 1. The summed E-state index contributed by atoms with van der Waals surface area (Å²) in [6.45, 7) is 2.80. The Morgan fingerprint density at radius 3 is 2.96 bits per heavy atom. The predicted molar refractivity (Wildman–Crippen MR) is 83.3 cm³/mol. The Balaban J connectivity index is 1.38. The first kappa shape index (κ1) is 12.8. The van der Waals surface area contributed by atoms with Crippen molar-refractivity contribution in [2.24, 2.45) is 5.41 Å². The van der Waals surface area contributed by atoms with Crippen molar-refractivity contribution < 1.29 is 4.79 Å². The summed E-state index contributed by atoms with van der Waals surface area (Å²) < 4.78 is 3.65. The molecule has 23 heavy (non-hydrogen) atoms. The van der Waals surface area contributed by atoms with Gasteiger partial charge in [0, 0.05) is 12.2 Å². The summed E-state index contributed by atoms with van der Waals surface area (Å²) in [7, 11) is 0. The number of carbonyl (C=O) groups is 1. The monoisotopic (exact) mass is 308 g/mol. The normalized spacial score (nSPS) is 17.6. The number of hydrogen-bond donors (Lipinski definition) is 1. The van der Waals surface area contributed by atoms with Crippen molar-refractivity contribution in [2.75, 3.05) is 5.32 Å². The Bertz CT molecular complexity index is 923. The minimum Gasteiger partial charge on any atom is -0.319 e. The Labute approximate surface area is 132 Å². The van der Waals surface area contributed by atoms with Crippen LogP contribution in [0.4, 0.5) is 5.69 Å². The van der Waals surface area contributed by atoms with Crippen LogP contribution in [0.5, 0.6) is 0 Å². The molecule has 3 aromatic rings. The van der Waals surface area contributed by atoms with E-state index in [-0.39, 0.29) is 5.91 Å². The number of rotatable bonds is 2. The molecule has 0 bridgehead atoms. The van der Waals surface area contributed by atoms with Gasteiger partial charge in [-0.1, -0.05) is 0 Å². The fourth-order valence-corrected chi connectivity index (χ4v) is 3.38. The summed E-state index contributed by atoms with van der Waals surface area (Å²) in [5.74, 6) is 0.515. The summed E-state index contributed by atoms with van der Waals surface area (Å²) in [6, 6.07) is 5.57. The maximum absolute atomic E-state index is 12.4. The first-order chi connectivity index (χ1) is 11.1. The molecule has 3 aromatic heterocycles. The smallest absolute Gasteiger partial charge is 0.276 e. The van der Waals surface area contributed by atoms with E-state index in [9.17, 15) is 4.79 Å². The number of nitrogens with one attached hydrogen (secondary N) is 1. The molecule has 0 unspecified atom stereocenters. The number of carbonyl (C=O) groups excluding carboxylic acids is 1. The van der Waals surface area contributed by atoms with Crippen LogP contribution < -0.4 is 5.32 Å². The zero-order valence-electron chi connectivity index (χ0n) is 12.8. The van der Waals surface area contributed by atoms with Crippen LogP contribution in [0.25, 0.3) is 5.65 Å². The van der Waals surface area contributed by atoms with Crippen molar-refractivity contribution in [3.05, 3.63) is 41.6 Å². The lowest BCUT2D eigenvalue weighted by Crippen LogP contribution is -2.14. The second-order valence-corrected chi connectivity index (χ2v) is 6.69. The molecule has 1 fully saturated rings. The van der Waals surface area contributed by atoms with Crippen LogP contribution in [0, 0.1) is 12.3 Å². The molecule has 0 radical (unpaired) electrons. The predicted octanol–water partition coefficient (Wildman–Crippen LogP) is 1.82. The first-order valence-electron chi connectivity index (χ1n) is 7.81. The zero-order valence-corrected chi connectivity index (χ0v) is 12.8. The number of anilines is 1. The molecule has 1 saturated carbocycles. The molecular formula is C16H16N6O. The molecular weight excluding hydrogens is 292 g/mol. The lowest BCUT2D eigenvalue weighted by atomic mass is 10.0. The SMILES string of the molecule is Cc1nc2ccc(NC(=O)c3cc4n(n3)CC3(CC3)C4)cn2n1. The van der Waals surface area contributed by atoms with E-state index in [4.69, 9.17) is 0 Å². The van der Waals surface area contributed by atoms with E-state index in [1.807, 2.05) is 29.8 Å². The standard InChI is InChI=1S/C16H16N6O/c1-10-17-14-3-2-11(8-21(14)19-10)18-15(23)13-6-12-7-16(4-5-16)9-22(12)20-13/h2-3,6,8H,4-5,7,9H2,1H3,(H,18,23). The molecule has 2 aliphatic rings. The highest BCUT2D eigenvalue weighted by Crippen LogP contribution is 2.53. The van der Waals surface area contributed by atoms with E-state index in [2.05, 4.69) is 20.5 Å². The topological polar surface area (TPSA) is 77.1 Å². The van der Waals surface area contributed by atoms with Crippen molar-refractivity contribution in [1.29, 1.82) is 0 Å². The van der Waals surface area contributed by atoms with Gasteiger partial charge in [0.2, 0.25) is 0 Å². The van der Waals surface area contributed by atoms with E-state index in [1.54, 1.807) is 10.7 Å². The number of hydrogen-bond acceptors (Lipinski definition) is 4. The maximum Gasteiger partial charge on any atom is 0.276 e. The van der Waals surface area contributed by atoms with Crippen LogP contribution in [0.1, 0.15) is 34.8 Å². The average Bonchev–Trinajstić information content (AvgIpc) is 2.82. The third-order valence-corrected chi connectivity index (χ3v) is 4.79. The number of amides is 1. The Kier molecular flexibility index (Phi) is 2.33. The largest absolute Gasteiger partial charge is 0.319 e. The van der Waals surface area contributed by atoms with E-state index in [1.165, 1.54) is 18.5 Å². The van der Waals surface area contributed by atoms with Crippen LogP contribution >= 0.6 is 0 Å². The molecule has 0 aromatic carbocycles. The third-order valence-electron chi connectivity index (χ3n) is 4.79. The molecule has 1 amide bonds. The highest BCUT2D eigenvalue weighted by molar-refractivity contribution is 6.02. The highest BCUT2D eigenvalue weighted by atomic mass is 16.2. The van der Waals surface area contributed by atoms with Crippen molar-refractivity contribution in [3.63, 3.8) is 0 Å². The Morgan fingerprint density at radius 1 is 1.30 bits per heavy atom. The molecule has 7 heteroatoms. The lowest BCUT2D eigenvalue weighted by Gasteiger charge is -2.04. The number of fused-ring (bicyclic) bond motifs is 2. The van der Waals surface area contributed by atoms with Gasteiger partial charge in [0.15, 0.2) is 11.3 Å². The number of nitrogens with zero attached hydrogens (tertiary/aromatic N) is 5. The van der Waals surface area contributed by atoms with Crippen molar-refractivity contribution in [2.45, 2.75) is 32.7 Å². The summed E-state index contributed by atoms with van der Waals surface area (Å²) in [5.41, 5.74) is 3.56. The van der Waals surface area contributed by atoms with Gasteiger partial charge in [-0.05, 0) is 49.8 Å². The average molecular weight is 308 g/mol. The minimum atomic E-state index is -0.187. The second-order valence-electron chi connectivity index (χ2n) is 6.69. The van der Waals surface area contributed by atoms with Gasteiger partial charge in [0.1, 0.15) is 5.82 Å². The second kappa shape index (κ2) is 4.18. The van der Waals surface area contributed by atoms with Gasteiger partial charge < -0.3 is 5.32 Å². The van der Waals surface area contributed by atoms with Crippen molar-refractivity contribution in [3.8, 4) is 0 Å². The van der Waals surface area contributed by atoms with Crippen LogP contribution in [0.3, 0.4) is 0 Å². The van der Waals surface area contributed by atoms with Crippen LogP contribution in [0.15, 0.2) is 24.4 Å². The molecule has 1 spiro atoms. The Hall–Kier alpha value is -2.70. The van der Waals surface area contributed by atoms with Gasteiger partial charge in [-0.25, -0.2) is 9.50 Å². The summed E-state index contributed by atoms with van der Waals surface area (Å²) in [4.78, 5) is 16.7. The molecule has 1 aliphatic heterocycles. The summed E-state index contributed by atoms with van der Waals surface area (Å²) in [6.07, 6.45) is 5.39. The van der Waals surface area contributed by atoms with Crippen molar-refractivity contribution >= 4 is 17.2 Å². The molecule has 116 valence electrons. The molecule has 0 saturated heterocycles. The van der Waals surface area contributed by atoms with Gasteiger partial charge in [-0.3, -0.25) is 9.48 Å². The fraction of sp³-hybridized carbons (Fsp3) is 0.375. The minimum absolute atomic E-state index is 0.187. The lowest BCUT2D eigenvalue weighted by molar-refractivity contribution is 0.102. The van der Waals surface area contributed by atoms with E-state index < -0.39 is 0 Å². The van der Waals surface area contributed by atoms with Crippen LogP contribution in [-0.2, 0) is 13.0 Å². The van der Waals surface area contributed by atoms with Gasteiger partial charge in [-0.2, -0.15) is 10.2 Å². The zero-order chi connectivity index (χ0) is 15.6. The quantitative estimate of drug-likeness (QED) is 0.783. The summed E-state index contributed by atoms with van der Waals surface area (Å²) in [5, 5.41) is 11.6. The maximum atomic E-state index is 12.4. The third kappa shape index (κ3) is 2.03. The summed E-state index contributed by atoms with van der Waals surface area (Å²) >= 11 is 0. The molecule has 7 nitrogen and oxygen atoms in total. The number of pyridine rings is 1. The van der Waals surface area contributed by atoms with Crippen LogP contribution in [-0.4, -0.2) is 30.3 Å². The van der Waals surface area contributed by atoms with E-state index in [0.29, 0.717) is 22.6 Å². The van der Waals surface area contributed by atoms with Gasteiger partial charge in [0.25, 0.3) is 5.91 Å². The Morgan fingerprint density at radius 2 is 2.17 bits per heavy atom. The van der Waals surface area contributed by atoms with Gasteiger partial charge in [0.05, 0.1) is 11.9 Å². The highest BCUT2D eigenvalue weighted by Gasteiger charge is 2.48. The van der Waals surface area contributed by atoms with Crippen molar-refractivity contribution in [1.82, 2.24) is 24.4 Å². The molecule has 1 aliphatic carbocycles. The first-order valence-corrected chi connectivity index (χ1v) is 7.81.